The van der Waals surface area contributed by atoms with Crippen LogP contribution in [0.25, 0.3) is 0 Å². The van der Waals surface area contributed by atoms with Crippen LogP contribution in [-0.4, -0.2) is 46.4 Å². The van der Waals surface area contributed by atoms with Gasteiger partial charge in [-0.15, -0.1) is 0 Å². The van der Waals surface area contributed by atoms with E-state index in [2.05, 4.69) is 12.0 Å². The van der Waals surface area contributed by atoms with Crippen LogP contribution in [0.15, 0.2) is 6.07 Å². The van der Waals surface area contributed by atoms with E-state index in [0.29, 0.717) is 6.54 Å². The fourth-order valence-electron chi connectivity index (χ4n) is 1.49. The lowest BCUT2D eigenvalue weighted by Crippen LogP contribution is -2.21. The van der Waals surface area contributed by atoms with Crippen molar-refractivity contribution in [3.63, 3.8) is 0 Å². The van der Waals surface area contributed by atoms with Crippen LogP contribution in [0.3, 0.4) is 0 Å². The smallest absolute Gasteiger partial charge is 0.354 e. The highest BCUT2D eigenvalue weighted by Gasteiger charge is 2.13. The molecular weight excluding hydrogens is 206 g/mol. The summed E-state index contributed by atoms with van der Waals surface area (Å²) in [5, 5.41) is 13.3. The monoisotopic (exact) mass is 225 g/mol. The van der Waals surface area contributed by atoms with Gasteiger partial charge < -0.3 is 10.0 Å². The molecule has 0 aliphatic heterocycles. The van der Waals surface area contributed by atoms with E-state index in [-0.39, 0.29) is 5.69 Å². The lowest BCUT2D eigenvalue weighted by atomic mass is 10.2. The van der Waals surface area contributed by atoms with E-state index in [9.17, 15) is 4.79 Å². The van der Waals surface area contributed by atoms with Crippen molar-refractivity contribution >= 4 is 5.97 Å². The third-order valence-corrected chi connectivity index (χ3v) is 2.31. The first-order valence-electron chi connectivity index (χ1n) is 5.49. The standard InChI is InChI=1S/C11H19N3O2/c1-4-5-9-8-10(11(15)16)14(12-9)7-6-13(2)3/h8H,4-7H2,1-3H3,(H,15,16). The van der Waals surface area contributed by atoms with Crippen molar-refractivity contribution in [2.75, 3.05) is 20.6 Å². The number of aromatic carboxylic acids is 1. The molecule has 1 aromatic heterocycles. The molecule has 1 rings (SSSR count). The SMILES string of the molecule is CCCc1cc(C(=O)O)n(CCN(C)C)n1. The van der Waals surface area contributed by atoms with Crippen LogP contribution in [0.1, 0.15) is 29.5 Å². The van der Waals surface area contributed by atoms with E-state index >= 15 is 0 Å². The van der Waals surface area contributed by atoms with Crippen molar-refractivity contribution in [3.8, 4) is 0 Å². The number of aryl methyl sites for hydroxylation is 1. The molecule has 1 aromatic rings. The fraction of sp³-hybridized carbons (Fsp3) is 0.636. The molecule has 0 amide bonds. The molecule has 0 radical (unpaired) electrons. The topological polar surface area (TPSA) is 58.4 Å². The van der Waals surface area contributed by atoms with Crippen molar-refractivity contribution in [1.82, 2.24) is 14.7 Å². The van der Waals surface area contributed by atoms with E-state index in [0.717, 1.165) is 25.1 Å². The number of carbonyl (C=O) groups is 1. The molecule has 0 fully saturated rings. The number of likely N-dealkylation sites (N-methyl/N-ethyl adjacent to an activating group) is 1. The van der Waals surface area contributed by atoms with Crippen molar-refractivity contribution < 1.29 is 9.90 Å². The molecule has 0 atom stereocenters. The molecule has 0 aromatic carbocycles. The normalized spacial score (nSPS) is 11.0. The van der Waals surface area contributed by atoms with E-state index in [4.69, 9.17) is 5.11 Å². The Kier molecular flexibility index (Phi) is 4.49. The Hall–Kier alpha value is -1.36. The molecule has 90 valence electrons. The minimum Gasteiger partial charge on any atom is -0.477 e. The summed E-state index contributed by atoms with van der Waals surface area (Å²) in [5.41, 5.74) is 1.14. The predicted molar refractivity (Wildman–Crippen MR) is 61.7 cm³/mol. The van der Waals surface area contributed by atoms with Gasteiger partial charge in [-0.1, -0.05) is 13.3 Å². The summed E-state index contributed by atoms with van der Waals surface area (Å²) in [7, 11) is 3.91. The van der Waals surface area contributed by atoms with Crippen molar-refractivity contribution in [3.05, 3.63) is 17.5 Å². The van der Waals surface area contributed by atoms with Gasteiger partial charge in [-0.25, -0.2) is 4.79 Å². The van der Waals surface area contributed by atoms with Gasteiger partial charge in [0.05, 0.1) is 12.2 Å². The molecule has 5 heteroatoms. The van der Waals surface area contributed by atoms with Crippen LogP contribution in [0.4, 0.5) is 0 Å². The molecule has 5 nitrogen and oxygen atoms in total. The maximum atomic E-state index is 11.0. The first kappa shape index (κ1) is 12.7. The van der Waals surface area contributed by atoms with Crippen LogP contribution in [-0.2, 0) is 13.0 Å². The molecule has 1 N–H and O–H groups in total. The molecule has 0 aliphatic rings. The minimum absolute atomic E-state index is 0.283. The second-order valence-corrected chi connectivity index (χ2v) is 4.10. The minimum atomic E-state index is -0.909. The largest absolute Gasteiger partial charge is 0.477 e. The number of carboxylic acid groups (broad SMARTS) is 1. The first-order valence-corrected chi connectivity index (χ1v) is 5.49. The third kappa shape index (κ3) is 3.34. The second kappa shape index (κ2) is 5.65. The number of nitrogens with zero attached hydrogens (tertiary/aromatic N) is 3. The molecule has 1 heterocycles. The number of hydrogen-bond acceptors (Lipinski definition) is 3. The zero-order valence-electron chi connectivity index (χ0n) is 10.1. The number of hydrogen-bond donors (Lipinski definition) is 1. The van der Waals surface area contributed by atoms with Gasteiger partial charge in [0, 0.05) is 6.54 Å². The van der Waals surface area contributed by atoms with Gasteiger partial charge in [0.2, 0.25) is 0 Å². The van der Waals surface area contributed by atoms with Gasteiger partial charge in [0.15, 0.2) is 0 Å². The van der Waals surface area contributed by atoms with Gasteiger partial charge in [0.25, 0.3) is 0 Å². The Morgan fingerprint density at radius 3 is 2.75 bits per heavy atom. The Labute approximate surface area is 95.7 Å². The van der Waals surface area contributed by atoms with Crippen LogP contribution in [0.2, 0.25) is 0 Å². The van der Waals surface area contributed by atoms with Gasteiger partial charge in [0.1, 0.15) is 5.69 Å². The highest BCUT2D eigenvalue weighted by molar-refractivity contribution is 5.85. The number of aromatic nitrogens is 2. The Bertz CT molecular complexity index is 358. The number of carboxylic acids is 1. The average Bonchev–Trinajstić information content (AvgIpc) is 2.59. The van der Waals surface area contributed by atoms with E-state index in [1.54, 1.807) is 10.7 Å². The van der Waals surface area contributed by atoms with Crippen LogP contribution in [0, 0.1) is 0 Å². The van der Waals surface area contributed by atoms with E-state index in [1.165, 1.54) is 0 Å². The molecule has 0 spiro atoms. The Balaban J connectivity index is 2.82. The third-order valence-electron chi connectivity index (χ3n) is 2.31. The summed E-state index contributed by atoms with van der Waals surface area (Å²) < 4.78 is 1.58. The zero-order valence-corrected chi connectivity index (χ0v) is 10.1. The highest BCUT2D eigenvalue weighted by atomic mass is 16.4. The zero-order chi connectivity index (χ0) is 12.1. The van der Waals surface area contributed by atoms with Gasteiger partial charge in [-0.2, -0.15) is 5.10 Å². The molecule has 0 bridgehead atoms. The fourth-order valence-corrected chi connectivity index (χ4v) is 1.49. The predicted octanol–water partition coefficient (Wildman–Crippen LogP) is 1.10. The molecule has 0 unspecified atom stereocenters. The summed E-state index contributed by atoms with van der Waals surface area (Å²) in [6, 6.07) is 1.67. The quantitative estimate of drug-likeness (QED) is 0.787. The molecule has 16 heavy (non-hydrogen) atoms. The Morgan fingerprint density at radius 2 is 2.25 bits per heavy atom. The highest BCUT2D eigenvalue weighted by Crippen LogP contribution is 2.07. The molecule has 0 saturated heterocycles. The summed E-state index contributed by atoms with van der Waals surface area (Å²) in [5.74, 6) is -0.909. The van der Waals surface area contributed by atoms with Crippen molar-refractivity contribution in [2.24, 2.45) is 0 Å². The van der Waals surface area contributed by atoms with Gasteiger partial charge in [-0.05, 0) is 26.6 Å². The van der Waals surface area contributed by atoms with Crippen LogP contribution < -0.4 is 0 Å². The van der Waals surface area contributed by atoms with Gasteiger partial charge in [-0.3, -0.25) is 4.68 Å². The van der Waals surface area contributed by atoms with Crippen molar-refractivity contribution in [1.29, 1.82) is 0 Å². The molecular formula is C11H19N3O2. The first-order chi connectivity index (χ1) is 7.54. The van der Waals surface area contributed by atoms with E-state index < -0.39 is 5.97 Å². The number of rotatable bonds is 6. The lowest BCUT2D eigenvalue weighted by Gasteiger charge is -2.10. The van der Waals surface area contributed by atoms with Gasteiger partial charge >= 0.3 is 5.97 Å². The van der Waals surface area contributed by atoms with Crippen LogP contribution >= 0.6 is 0 Å². The molecule has 0 saturated carbocycles. The summed E-state index contributed by atoms with van der Waals surface area (Å²) >= 11 is 0. The van der Waals surface area contributed by atoms with Crippen molar-refractivity contribution in [2.45, 2.75) is 26.3 Å². The average molecular weight is 225 g/mol. The van der Waals surface area contributed by atoms with E-state index in [1.807, 2.05) is 19.0 Å². The maximum Gasteiger partial charge on any atom is 0.354 e. The summed E-state index contributed by atoms with van der Waals surface area (Å²) in [6.07, 6.45) is 1.80. The molecule has 0 aliphatic carbocycles. The lowest BCUT2D eigenvalue weighted by molar-refractivity contribution is 0.0682. The summed E-state index contributed by atoms with van der Waals surface area (Å²) in [4.78, 5) is 13.0. The van der Waals surface area contributed by atoms with Crippen LogP contribution in [0.5, 0.6) is 0 Å². The Morgan fingerprint density at radius 1 is 1.56 bits per heavy atom. The maximum absolute atomic E-state index is 11.0. The second-order valence-electron chi connectivity index (χ2n) is 4.10. The summed E-state index contributed by atoms with van der Waals surface area (Å²) in [6.45, 7) is 3.45.